The number of hydrogen-bond donors (Lipinski definition) is 1. The Morgan fingerprint density at radius 3 is 2.77 bits per heavy atom. The number of rotatable bonds is 5. The van der Waals surface area contributed by atoms with Crippen molar-refractivity contribution in [1.82, 2.24) is 20.4 Å². The predicted octanol–water partition coefficient (Wildman–Crippen LogP) is 1.65. The Bertz CT molecular complexity index is 749. The summed E-state index contributed by atoms with van der Waals surface area (Å²) in [6, 6.07) is 8.08. The van der Waals surface area contributed by atoms with Gasteiger partial charge in [0.15, 0.2) is 5.76 Å². The van der Waals surface area contributed by atoms with Crippen LogP contribution in [-0.4, -0.2) is 58.8 Å². The highest BCUT2D eigenvalue weighted by Gasteiger charge is 2.41. The Hall–Kier alpha value is -2.25. The third-order valence-electron chi connectivity index (χ3n) is 5.20. The molecule has 7 nitrogen and oxygen atoms in total. The zero-order chi connectivity index (χ0) is 18.0. The van der Waals surface area contributed by atoms with Crippen LogP contribution in [0, 0.1) is 0 Å². The molecule has 2 fully saturated rings. The van der Waals surface area contributed by atoms with Gasteiger partial charge in [-0.3, -0.25) is 9.78 Å². The van der Waals surface area contributed by atoms with E-state index in [1.807, 2.05) is 29.2 Å². The van der Waals surface area contributed by atoms with Gasteiger partial charge in [0.2, 0.25) is 5.91 Å². The molecule has 0 aromatic carbocycles. The van der Waals surface area contributed by atoms with E-state index < -0.39 is 0 Å². The van der Waals surface area contributed by atoms with Gasteiger partial charge in [-0.15, -0.1) is 0 Å². The molecule has 0 atom stereocenters. The van der Waals surface area contributed by atoms with Crippen LogP contribution in [0.15, 0.2) is 35.0 Å². The van der Waals surface area contributed by atoms with Crippen LogP contribution in [0.3, 0.4) is 0 Å². The monoisotopic (exact) mass is 356 g/mol. The molecule has 2 aromatic rings. The molecule has 0 saturated carbocycles. The molecule has 0 bridgehead atoms. The summed E-state index contributed by atoms with van der Waals surface area (Å²) in [5.74, 6) is 0.848. The van der Waals surface area contributed by atoms with Gasteiger partial charge < -0.3 is 19.5 Å². The molecule has 1 N–H and O–H groups in total. The van der Waals surface area contributed by atoms with Crippen molar-refractivity contribution >= 4 is 5.91 Å². The van der Waals surface area contributed by atoms with Crippen molar-refractivity contribution in [3.05, 3.63) is 36.2 Å². The predicted molar refractivity (Wildman–Crippen MR) is 95.4 cm³/mol. The number of pyridine rings is 1. The first-order valence-electron chi connectivity index (χ1n) is 9.12. The van der Waals surface area contributed by atoms with Crippen LogP contribution >= 0.6 is 0 Å². The molecule has 2 aliphatic rings. The number of ether oxygens (including phenoxy) is 1. The maximum absolute atomic E-state index is 11.5. The molecule has 2 aliphatic heterocycles. The largest absolute Gasteiger partial charge is 0.377 e. The van der Waals surface area contributed by atoms with Gasteiger partial charge in [-0.2, -0.15) is 0 Å². The summed E-state index contributed by atoms with van der Waals surface area (Å²) in [4.78, 5) is 17.7. The third-order valence-corrected chi connectivity index (χ3v) is 5.20. The second-order valence-electron chi connectivity index (χ2n) is 7.27. The number of carbonyl (C=O) groups is 1. The SMILES string of the molecule is CC(=O)N1CCC(NC2(Cc3cc(-c4ccccn4)on3)COC2)CC1. The van der Waals surface area contributed by atoms with Crippen LogP contribution in [0.5, 0.6) is 0 Å². The van der Waals surface area contributed by atoms with Crippen molar-refractivity contribution in [2.45, 2.75) is 37.8 Å². The molecule has 4 heterocycles. The zero-order valence-electron chi connectivity index (χ0n) is 15.0. The average Bonchev–Trinajstić information content (AvgIpc) is 3.09. The van der Waals surface area contributed by atoms with Crippen molar-refractivity contribution in [3.8, 4) is 11.5 Å². The summed E-state index contributed by atoms with van der Waals surface area (Å²) in [6.07, 6.45) is 4.45. The second-order valence-corrected chi connectivity index (χ2v) is 7.27. The maximum atomic E-state index is 11.5. The molecular formula is C19H24N4O3. The Morgan fingerprint density at radius 1 is 1.35 bits per heavy atom. The first-order valence-corrected chi connectivity index (χ1v) is 9.12. The lowest BCUT2D eigenvalue weighted by Crippen LogP contribution is -2.65. The third kappa shape index (κ3) is 3.64. The number of carbonyl (C=O) groups excluding carboxylic acids is 1. The first-order chi connectivity index (χ1) is 12.6. The zero-order valence-corrected chi connectivity index (χ0v) is 15.0. The van der Waals surface area contributed by atoms with Gasteiger partial charge in [-0.25, -0.2) is 0 Å². The number of nitrogens with zero attached hydrogens (tertiary/aromatic N) is 3. The molecule has 7 heteroatoms. The topological polar surface area (TPSA) is 80.5 Å². The summed E-state index contributed by atoms with van der Waals surface area (Å²) >= 11 is 0. The minimum Gasteiger partial charge on any atom is -0.377 e. The molecule has 26 heavy (non-hydrogen) atoms. The smallest absolute Gasteiger partial charge is 0.219 e. The molecule has 4 rings (SSSR count). The van der Waals surface area contributed by atoms with E-state index in [1.165, 1.54) is 0 Å². The Kier molecular flexibility index (Phi) is 4.74. The lowest BCUT2D eigenvalue weighted by molar-refractivity contribution is -0.130. The van der Waals surface area contributed by atoms with E-state index in [-0.39, 0.29) is 11.4 Å². The number of nitrogens with one attached hydrogen (secondary N) is 1. The Morgan fingerprint density at radius 2 is 2.15 bits per heavy atom. The van der Waals surface area contributed by atoms with Crippen molar-refractivity contribution in [3.63, 3.8) is 0 Å². The molecule has 0 aliphatic carbocycles. The Labute approximate surface area is 152 Å². The van der Waals surface area contributed by atoms with Crippen molar-refractivity contribution in [1.29, 1.82) is 0 Å². The van der Waals surface area contributed by atoms with E-state index in [0.29, 0.717) is 25.0 Å². The highest BCUT2D eigenvalue weighted by atomic mass is 16.5. The minimum absolute atomic E-state index is 0.0959. The summed E-state index contributed by atoms with van der Waals surface area (Å²) < 4.78 is 11.0. The Balaban J connectivity index is 1.39. The van der Waals surface area contributed by atoms with Gasteiger partial charge in [0.05, 0.1) is 24.4 Å². The first kappa shape index (κ1) is 17.2. The quantitative estimate of drug-likeness (QED) is 0.877. The molecule has 0 unspecified atom stereocenters. The summed E-state index contributed by atoms with van der Waals surface area (Å²) in [6.45, 7) is 4.62. The van der Waals surface area contributed by atoms with E-state index in [2.05, 4.69) is 15.5 Å². The van der Waals surface area contributed by atoms with Crippen LogP contribution in [0.25, 0.3) is 11.5 Å². The van der Waals surface area contributed by atoms with Gasteiger partial charge in [0.1, 0.15) is 5.69 Å². The lowest BCUT2D eigenvalue weighted by atomic mass is 9.88. The minimum atomic E-state index is -0.0959. The fraction of sp³-hybridized carbons (Fsp3) is 0.526. The van der Waals surface area contributed by atoms with Gasteiger partial charge in [0, 0.05) is 44.7 Å². The molecule has 0 radical (unpaired) electrons. The van der Waals surface area contributed by atoms with Gasteiger partial charge in [-0.05, 0) is 25.0 Å². The fourth-order valence-corrected chi connectivity index (χ4v) is 3.73. The highest BCUT2D eigenvalue weighted by molar-refractivity contribution is 5.73. The van der Waals surface area contributed by atoms with Gasteiger partial charge in [-0.1, -0.05) is 11.2 Å². The standard InChI is InChI=1S/C19H24N4O3/c1-14(24)23-8-5-15(6-9-23)21-19(12-25-13-19)11-16-10-18(26-22-16)17-4-2-3-7-20-17/h2-4,7,10,15,21H,5-6,8-9,11-13H2,1H3. The van der Waals surface area contributed by atoms with Crippen LogP contribution in [0.1, 0.15) is 25.5 Å². The van der Waals surface area contributed by atoms with Crippen molar-refractivity contribution in [2.75, 3.05) is 26.3 Å². The van der Waals surface area contributed by atoms with E-state index in [0.717, 1.165) is 43.7 Å². The van der Waals surface area contributed by atoms with Gasteiger partial charge in [0.25, 0.3) is 0 Å². The van der Waals surface area contributed by atoms with E-state index >= 15 is 0 Å². The number of piperidine rings is 1. The molecule has 2 aromatic heterocycles. The summed E-state index contributed by atoms with van der Waals surface area (Å²) in [7, 11) is 0. The molecule has 2 saturated heterocycles. The second kappa shape index (κ2) is 7.17. The summed E-state index contributed by atoms with van der Waals surface area (Å²) in [5, 5.41) is 7.99. The van der Waals surface area contributed by atoms with Crippen LogP contribution < -0.4 is 5.32 Å². The average molecular weight is 356 g/mol. The molecular weight excluding hydrogens is 332 g/mol. The van der Waals surface area contributed by atoms with E-state index in [4.69, 9.17) is 9.26 Å². The molecule has 138 valence electrons. The molecule has 0 spiro atoms. The number of likely N-dealkylation sites (tertiary alicyclic amines) is 1. The summed E-state index contributed by atoms with van der Waals surface area (Å²) in [5.41, 5.74) is 1.60. The van der Waals surface area contributed by atoms with E-state index in [1.54, 1.807) is 13.1 Å². The number of amides is 1. The molecule has 1 amide bonds. The van der Waals surface area contributed by atoms with Crippen molar-refractivity contribution in [2.24, 2.45) is 0 Å². The van der Waals surface area contributed by atoms with Crippen LogP contribution in [-0.2, 0) is 16.0 Å². The maximum Gasteiger partial charge on any atom is 0.219 e. The fourth-order valence-electron chi connectivity index (χ4n) is 3.73. The number of hydrogen-bond acceptors (Lipinski definition) is 6. The van der Waals surface area contributed by atoms with Crippen LogP contribution in [0.2, 0.25) is 0 Å². The van der Waals surface area contributed by atoms with Gasteiger partial charge >= 0.3 is 0 Å². The van der Waals surface area contributed by atoms with E-state index in [9.17, 15) is 4.79 Å². The highest BCUT2D eigenvalue weighted by Crippen LogP contribution is 2.27. The van der Waals surface area contributed by atoms with Crippen molar-refractivity contribution < 1.29 is 14.1 Å². The van der Waals surface area contributed by atoms with Crippen LogP contribution in [0.4, 0.5) is 0 Å². The number of aromatic nitrogens is 2. The lowest BCUT2D eigenvalue weighted by Gasteiger charge is -2.46. The normalized spacial score (nSPS) is 20.0.